The van der Waals surface area contributed by atoms with E-state index in [1.54, 1.807) is 7.11 Å². The second kappa shape index (κ2) is 11.0. The summed E-state index contributed by atoms with van der Waals surface area (Å²) in [5.41, 5.74) is 0.521. The smallest absolute Gasteiger partial charge is 0.247 e. The number of halogens is 1. The molecule has 0 amide bonds. The predicted molar refractivity (Wildman–Crippen MR) is 161 cm³/mol. The molecule has 220 valence electrons. The van der Waals surface area contributed by atoms with Gasteiger partial charge in [-0.1, -0.05) is 79.4 Å². The van der Waals surface area contributed by atoms with Crippen LogP contribution in [0.4, 0.5) is 10.3 Å². The van der Waals surface area contributed by atoms with Gasteiger partial charge in [0.25, 0.3) is 0 Å². The van der Waals surface area contributed by atoms with Crippen LogP contribution < -0.4 is 14.8 Å². The van der Waals surface area contributed by atoms with E-state index in [0.717, 1.165) is 22.4 Å². The van der Waals surface area contributed by atoms with Crippen molar-refractivity contribution in [1.82, 2.24) is 19.5 Å². The molecule has 2 aromatic heterocycles. The Kier molecular flexibility index (Phi) is 7.23. The van der Waals surface area contributed by atoms with Gasteiger partial charge in [0, 0.05) is 0 Å². The maximum Gasteiger partial charge on any atom is 0.247 e. The first-order chi connectivity index (χ1) is 20.8. The standard InChI is InChI=1S/C33H32FN5O4/c1-5-42-29-26-28(39(20-35-26)30-32(3,40)27(34)21(2)43-30)36-31(37-29)38-33(22-12-8-6-9-13-22,23-14-10-7-11-15-23)24-16-18-25(41-4)19-17-24/h6-20,27,30,40H,2,5H2,1,3-4H3,(H,36,37,38)/t27-,30-,32-/m1/s1. The van der Waals surface area contributed by atoms with Gasteiger partial charge in [-0.05, 0) is 42.7 Å². The molecule has 3 aromatic carbocycles. The number of ether oxygens (including phenoxy) is 3. The van der Waals surface area contributed by atoms with E-state index < -0.39 is 23.5 Å². The van der Waals surface area contributed by atoms with Crippen LogP contribution in [0.1, 0.15) is 36.8 Å². The van der Waals surface area contributed by atoms with Crippen molar-refractivity contribution in [2.24, 2.45) is 0 Å². The number of methoxy groups -OCH3 is 1. The number of fused-ring (bicyclic) bond motifs is 1. The molecule has 1 fully saturated rings. The molecule has 3 heterocycles. The second-order valence-corrected chi connectivity index (χ2v) is 10.5. The molecule has 5 aromatic rings. The van der Waals surface area contributed by atoms with Crippen LogP contribution in [0.25, 0.3) is 11.2 Å². The fraction of sp³-hybridized carbons (Fsp3) is 0.242. The number of hydrogen-bond donors (Lipinski definition) is 2. The van der Waals surface area contributed by atoms with Crippen molar-refractivity contribution in [3.8, 4) is 11.6 Å². The molecule has 0 aliphatic carbocycles. The lowest BCUT2D eigenvalue weighted by atomic mass is 9.77. The summed E-state index contributed by atoms with van der Waals surface area (Å²) in [7, 11) is 1.63. The summed E-state index contributed by atoms with van der Waals surface area (Å²) in [6.07, 6.45) is -1.52. The zero-order chi connectivity index (χ0) is 30.2. The second-order valence-electron chi connectivity index (χ2n) is 10.5. The fourth-order valence-electron chi connectivity index (χ4n) is 5.57. The van der Waals surface area contributed by atoms with Gasteiger partial charge in [-0.25, -0.2) is 9.37 Å². The molecule has 43 heavy (non-hydrogen) atoms. The molecule has 0 radical (unpaired) electrons. The Morgan fingerprint density at radius 3 is 2.14 bits per heavy atom. The lowest BCUT2D eigenvalue weighted by molar-refractivity contribution is -0.0768. The molecule has 0 spiro atoms. The summed E-state index contributed by atoms with van der Waals surface area (Å²) in [5.74, 6) is 0.998. The summed E-state index contributed by atoms with van der Waals surface area (Å²) >= 11 is 0. The van der Waals surface area contributed by atoms with E-state index in [1.165, 1.54) is 17.8 Å². The van der Waals surface area contributed by atoms with Gasteiger partial charge in [0.15, 0.2) is 22.9 Å². The number of alkyl halides is 1. The molecule has 1 aliphatic heterocycles. The molecule has 9 nitrogen and oxygen atoms in total. The molecule has 1 saturated heterocycles. The monoisotopic (exact) mass is 581 g/mol. The number of aromatic nitrogens is 4. The Hall–Kier alpha value is -4.96. The van der Waals surface area contributed by atoms with Crippen LogP contribution in [0.2, 0.25) is 0 Å². The average molecular weight is 582 g/mol. The summed E-state index contributed by atoms with van der Waals surface area (Å²) in [6.45, 7) is 7.15. The summed E-state index contributed by atoms with van der Waals surface area (Å²) < 4.78 is 33.4. The third-order valence-corrected chi connectivity index (χ3v) is 7.72. The van der Waals surface area contributed by atoms with E-state index in [-0.39, 0.29) is 23.2 Å². The van der Waals surface area contributed by atoms with Gasteiger partial charge in [-0.2, -0.15) is 9.97 Å². The highest BCUT2D eigenvalue weighted by molar-refractivity contribution is 5.78. The number of nitrogens with one attached hydrogen (secondary N) is 1. The van der Waals surface area contributed by atoms with E-state index in [0.29, 0.717) is 12.1 Å². The van der Waals surface area contributed by atoms with Crippen molar-refractivity contribution in [2.45, 2.75) is 37.4 Å². The lowest BCUT2D eigenvalue weighted by Gasteiger charge is -2.37. The van der Waals surface area contributed by atoms with Gasteiger partial charge < -0.3 is 24.6 Å². The third kappa shape index (κ3) is 4.73. The highest BCUT2D eigenvalue weighted by atomic mass is 19.1. The van der Waals surface area contributed by atoms with E-state index in [2.05, 4.69) is 16.9 Å². The van der Waals surface area contributed by atoms with Crippen LogP contribution in [0, 0.1) is 0 Å². The van der Waals surface area contributed by atoms with E-state index in [1.807, 2.05) is 91.9 Å². The van der Waals surface area contributed by atoms with Gasteiger partial charge in [0.1, 0.15) is 23.4 Å². The molecule has 0 saturated carbocycles. The fourth-order valence-corrected chi connectivity index (χ4v) is 5.57. The van der Waals surface area contributed by atoms with Crippen LogP contribution in [0.15, 0.2) is 104 Å². The maximum absolute atomic E-state index is 14.9. The topological polar surface area (TPSA) is 104 Å². The minimum atomic E-state index is -1.91. The summed E-state index contributed by atoms with van der Waals surface area (Å²) in [5, 5.41) is 14.7. The number of imidazole rings is 1. The normalized spacial score (nSPS) is 20.2. The maximum atomic E-state index is 14.9. The highest BCUT2D eigenvalue weighted by Crippen LogP contribution is 2.44. The van der Waals surface area contributed by atoms with Gasteiger partial charge in [0.05, 0.1) is 13.7 Å². The zero-order valence-electron chi connectivity index (χ0n) is 24.1. The molecule has 0 unspecified atom stereocenters. The molecule has 2 N–H and O–H groups in total. The Bertz CT molecular complexity index is 1700. The Morgan fingerprint density at radius 2 is 1.60 bits per heavy atom. The molecule has 0 bridgehead atoms. The van der Waals surface area contributed by atoms with Crippen molar-refractivity contribution in [1.29, 1.82) is 0 Å². The Balaban J connectivity index is 1.58. The Morgan fingerprint density at radius 1 is 1.00 bits per heavy atom. The van der Waals surface area contributed by atoms with E-state index in [4.69, 9.17) is 24.2 Å². The zero-order valence-corrected chi connectivity index (χ0v) is 24.1. The number of aliphatic hydroxyl groups is 1. The van der Waals surface area contributed by atoms with Crippen LogP contribution in [-0.4, -0.2) is 50.1 Å². The number of anilines is 1. The highest BCUT2D eigenvalue weighted by Gasteiger charge is 2.52. The van der Waals surface area contributed by atoms with Gasteiger partial charge in [-0.3, -0.25) is 4.57 Å². The minimum Gasteiger partial charge on any atom is -0.497 e. The van der Waals surface area contributed by atoms with Crippen LogP contribution >= 0.6 is 0 Å². The van der Waals surface area contributed by atoms with Crippen LogP contribution in [-0.2, 0) is 10.3 Å². The molecule has 6 rings (SSSR count). The van der Waals surface area contributed by atoms with E-state index in [9.17, 15) is 9.50 Å². The average Bonchev–Trinajstić information content (AvgIpc) is 3.54. The molecule has 1 aliphatic rings. The first-order valence-corrected chi connectivity index (χ1v) is 13.9. The third-order valence-electron chi connectivity index (χ3n) is 7.72. The predicted octanol–water partition coefficient (Wildman–Crippen LogP) is 5.77. The summed E-state index contributed by atoms with van der Waals surface area (Å²) in [6, 6.07) is 27.8. The minimum absolute atomic E-state index is 0.166. The molecule has 3 atom stereocenters. The number of benzene rings is 3. The number of hydrogen-bond acceptors (Lipinski definition) is 8. The van der Waals surface area contributed by atoms with Crippen LogP contribution in [0.3, 0.4) is 0 Å². The first-order valence-electron chi connectivity index (χ1n) is 13.9. The van der Waals surface area contributed by atoms with Gasteiger partial charge in [0.2, 0.25) is 18.1 Å². The molecular formula is C33H32FN5O4. The lowest BCUT2D eigenvalue weighted by Crippen LogP contribution is -2.39. The largest absolute Gasteiger partial charge is 0.497 e. The van der Waals surface area contributed by atoms with E-state index >= 15 is 0 Å². The van der Waals surface area contributed by atoms with Gasteiger partial charge >= 0.3 is 0 Å². The van der Waals surface area contributed by atoms with Crippen molar-refractivity contribution in [3.05, 3.63) is 120 Å². The quantitative estimate of drug-likeness (QED) is 0.212. The SMILES string of the molecule is C=C1O[C@@H](n2cnc3c(OCC)nc(NC(c4ccccc4)(c4ccccc4)c4ccc(OC)cc4)nc32)[C@](C)(O)[C@@H]1F. The summed E-state index contributed by atoms with van der Waals surface area (Å²) in [4.78, 5) is 14.1. The molecule has 10 heteroatoms. The Labute approximate surface area is 248 Å². The van der Waals surface area contributed by atoms with Crippen molar-refractivity contribution in [2.75, 3.05) is 19.0 Å². The number of nitrogens with zero attached hydrogens (tertiary/aromatic N) is 4. The van der Waals surface area contributed by atoms with Crippen LogP contribution in [0.5, 0.6) is 11.6 Å². The van der Waals surface area contributed by atoms with Crippen molar-refractivity contribution >= 4 is 17.1 Å². The number of rotatable bonds is 9. The molecular weight excluding hydrogens is 549 g/mol. The van der Waals surface area contributed by atoms with Crippen molar-refractivity contribution < 1.29 is 23.7 Å². The first kappa shape index (κ1) is 28.2. The van der Waals surface area contributed by atoms with Gasteiger partial charge in [-0.15, -0.1) is 0 Å². The van der Waals surface area contributed by atoms with Crippen molar-refractivity contribution in [3.63, 3.8) is 0 Å².